The molecule has 7 heteroatoms. The lowest BCUT2D eigenvalue weighted by molar-refractivity contribution is -0.116. The summed E-state index contributed by atoms with van der Waals surface area (Å²) >= 11 is 5.73. The predicted molar refractivity (Wildman–Crippen MR) is 112 cm³/mol. The summed E-state index contributed by atoms with van der Waals surface area (Å²) in [4.78, 5) is 16.9. The van der Waals surface area contributed by atoms with E-state index >= 15 is 0 Å². The number of ether oxygens (including phenoxy) is 1. The van der Waals surface area contributed by atoms with Gasteiger partial charge in [-0.2, -0.15) is 0 Å². The molecule has 1 amide bonds. The zero-order valence-corrected chi connectivity index (χ0v) is 17.1. The smallest absolute Gasteiger partial charge is 0.225 e. The molecule has 2 heterocycles. The molecule has 1 fully saturated rings. The summed E-state index contributed by atoms with van der Waals surface area (Å²) in [5.41, 5.74) is 2.81. The van der Waals surface area contributed by atoms with Crippen LogP contribution in [-0.2, 0) is 17.8 Å². The lowest BCUT2D eigenvalue weighted by Crippen LogP contribution is -2.46. The van der Waals surface area contributed by atoms with Gasteiger partial charge in [0.05, 0.1) is 12.3 Å². The maximum Gasteiger partial charge on any atom is 0.225 e. The Hall–Kier alpha value is -2.15. The van der Waals surface area contributed by atoms with E-state index < -0.39 is 5.82 Å². The first-order valence-corrected chi connectivity index (χ1v) is 10.4. The highest BCUT2D eigenvalue weighted by molar-refractivity contribution is 6.30. The van der Waals surface area contributed by atoms with Crippen LogP contribution < -0.4 is 10.1 Å². The number of rotatable bonds is 6. The van der Waals surface area contributed by atoms with E-state index in [2.05, 4.69) is 33.3 Å². The van der Waals surface area contributed by atoms with Crippen LogP contribution in [0.3, 0.4) is 0 Å². The Morgan fingerprint density at radius 3 is 2.69 bits per heavy atom. The number of piperazine rings is 1. The summed E-state index contributed by atoms with van der Waals surface area (Å²) < 4.78 is 19.4. The molecule has 0 unspecified atom stereocenters. The van der Waals surface area contributed by atoms with E-state index in [9.17, 15) is 9.18 Å². The molecule has 0 aromatic heterocycles. The number of amides is 1. The van der Waals surface area contributed by atoms with Gasteiger partial charge in [0.1, 0.15) is 11.6 Å². The van der Waals surface area contributed by atoms with Crippen molar-refractivity contribution in [3.05, 3.63) is 58.4 Å². The first-order valence-electron chi connectivity index (χ1n) is 10.0. The maximum atomic E-state index is 13.8. The Balaban J connectivity index is 1.19. The Morgan fingerprint density at radius 1 is 1.10 bits per heavy atom. The highest BCUT2D eigenvalue weighted by Crippen LogP contribution is 2.26. The van der Waals surface area contributed by atoms with Crippen LogP contribution in [0, 0.1) is 5.82 Å². The van der Waals surface area contributed by atoms with Crippen LogP contribution in [0.5, 0.6) is 5.75 Å². The molecule has 0 saturated carbocycles. The van der Waals surface area contributed by atoms with Crippen LogP contribution in [0.1, 0.15) is 17.5 Å². The standard InChI is InChI=1S/C22H25ClFN3O2/c23-18-2-3-20(19(24)14-18)25-22(28)5-7-26-8-10-27(11-9-26)15-16-1-4-21-17(13-16)6-12-29-21/h1-4,13-14H,5-12,15H2,(H,25,28). The molecule has 2 aromatic carbocycles. The van der Waals surface area contributed by atoms with Gasteiger partial charge in [-0.15, -0.1) is 0 Å². The molecular formula is C22H25ClFN3O2. The topological polar surface area (TPSA) is 44.8 Å². The number of hydrogen-bond donors (Lipinski definition) is 1. The molecule has 4 rings (SSSR count). The predicted octanol–water partition coefficient (Wildman–Crippen LogP) is 3.56. The van der Waals surface area contributed by atoms with E-state index in [1.165, 1.54) is 23.3 Å². The summed E-state index contributed by atoms with van der Waals surface area (Å²) in [5.74, 6) is 0.321. The van der Waals surface area contributed by atoms with Gasteiger partial charge in [-0.05, 0) is 35.4 Å². The maximum absolute atomic E-state index is 13.8. The molecule has 0 bridgehead atoms. The third kappa shape index (κ3) is 5.26. The van der Waals surface area contributed by atoms with Gasteiger partial charge in [0.2, 0.25) is 5.91 Å². The average molecular weight is 418 g/mol. The van der Waals surface area contributed by atoms with Gasteiger partial charge < -0.3 is 15.0 Å². The third-order valence-corrected chi connectivity index (χ3v) is 5.72. The Labute approximate surface area is 175 Å². The van der Waals surface area contributed by atoms with Gasteiger partial charge in [0, 0.05) is 57.1 Å². The molecular weight excluding hydrogens is 393 g/mol. The molecule has 0 atom stereocenters. The molecule has 2 aromatic rings. The van der Waals surface area contributed by atoms with Crippen LogP contribution in [0.25, 0.3) is 0 Å². The molecule has 0 radical (unpaired) electrons. The average Bonchev–Trinajstić information content (AvgIpc) is 3.17. The number of anilines is 1. The Morgan fingerprint density at radius 2 is 1.90 bits per heavy atom. The fourth-order valence-electron chi connectivity index (χ4n) is 3.83. The number of nitrogens with zero attached hydrogens (tertiary/aromatic N) is 2. The Kier molecular flexibility index (Phi) is 6.33. The molecule has 154 valence electrons. The molecule has 29 heavy (non-hydrogen) atoms. The highest BCUT2D eigenvalue weighted by atomic mass is 35.5. The van der Waals surface area contributed by atoms with E-state index in [1.54, 1.807) is 6.07 Å². The number of fused-ring (bicyclic) bond motifs is 1. The van der Waals surface area contributed by atoms with E-state index in [0.717, 1.165) is 51.5 Å². The quantitative estimate of drug-likeness (QED) is 0.780. The zero-order chi connectivity index (χ0) is 20.2. The number of nitrogens with one attached hydrogen (secondary N) is 1. The summed E-state index contributed by atoms with van der Waals surface area (Å²) in [5, 5.41) is 2.93. The number of benzene rings is 2. The monoisotopic (exact) mass is 417 g/mol. The first kappa shape index (κ1) is 20.1. The normalized spacial score (nSPS) is 17.0. The summed E-state index contributed by atoms with van der Waals surface area (Å²) in [6.07, 6.45) is 1.34. The van der Waals surface area contributed by atoms with E-state index in [-0.39, 0.29) is 11.6 Å². The van der Waals surface area contributed by atoms with Crippen LogP contribution in [0.15, 0.2) is 36.4 Å². The van der Waals surface area contributed by atoms with Crippen molar-refractivity contribution in [2.24, 2.45) is 0 Å². The number of carbonyl (C=O) groups is 1. The van der Waals surface area contributed by atoms with Crippen LogP contribution in [0.4, 0.5) is 10.1 Å². The molecule has 0 spiro atoms. The van der Waals surface area contributed by atoms with E-state index in [4.69, 9.17) is 16.3 Å². The van der Waals surface area contributed by atoms with E-state index in [1.807, 2.05) is 0 Å². The van der Waals surface area contributed by atoms with Crippen molar-refractivity contribution in [2.45, 2.75) is 19.4 Å². The van der Waals surface area contributed by atoms with Gasteiger partial charge in [-0.3, -0.25) is 9.69 Å². The van der Waals surface area contributed by atoms with Crippen molar-refractivity contribution in [3.63, 3.8) is 0 Å². The molecule has 2 aliphatic rings. The zero-order valence-electron chi connectivity index (χ0n) is 16.3. The van der Waals surface area contributed by atoms with Gasteiger partial charge >= 0.3 is 0 Å². The van der Waals surface area contributed by atoms with E-state index in [0.29, 0.717) is 18.0 Å². The van der Waals surface area contributed by atoms with Crippen molar-refractivity contribution in [3.8, 4) is 5.75 Å². The minimum atomic E-state index is -0.516. The second-order valence-corrected chi connectivity index (χ2v) is 8.02. The fraction of sp³-hybridized carbons (Fsp3) is 0.409. The lowest BCUT2D eigenvalue weighted by Gasteiger charge is -2.34. The first-order chi connectivity index (χ1) is 14.1. The van der Waals surface area contributed by atoms with Crippen molar-refractivity contribution < 1.29 is 13.9 Å². The molecule has 5 nitrogen and oxygen atoms in total. The lowest BCUT2D eigenvalue weighted by atomic mass is 10.1. The van der Waals surface area contributed by atoms with Crippen molar-refractivity contribution in [1.29, 1.82) is 0 Å². The largest absolute Gasteiger partial charge is 0.493 e. The number of carbonyl (C=O) groups excluding carboxylic acids is 1. The Bertz CT molecular complexity index is 884. The molecule has 0 aliphatic carbocycles. The summed E-state index contributed by atoms with van der Waals surface area (Å²) in [7, 11) is 0. The van der Waals surface area contributed by atoms with Gasteiger partial charge in [0.15, 0.2) is 0 Å². The SMILES string of the molecule is O=C(CCN1CCN(Cc2ccc3c(c2)CCO3)CC1)Nc1ccc(Cl)cc1F. The highest BCUT2D eigenvalue weighted by Gasteiger charge is 2.19. The van der Waals surface area contributed by atoms with Crippen molar-refractivity contribution >= 4 is 23.2 Å². The van der Waals surface area contributed by atoms with Gasteiger partial charge in [-0.25, -0.2) is 4.39 Å². The van der Waals surface area contributed by atoms with Crippen molar-refractivity contribution in [2.75, 3.05) is 44.6 Å². The van der Waals surface area contributed by atoms with Crippen LogP contribution in [0.2, 0.25) is 5.02 Å². The summed E-state index contributed by atoms with van der Waals surface area (Å²) in [6, 6.07) is 10.7. The van der Waals surface area contributed by atoms with Gasteiger partial charge in [-0.1, -0.05) is 23.7 Å². The second kappa shape index (κ2) is 9.11. The van der Waals surface area contributed by atoms with Crippen LogP contribution in [-0.4, -0.2) is 55.0 Å². The number of hydrogen-bond acceptors (Lipinski definition) is 4. The minimum Gasteiger partial charge on any atom is -0.493 e. The van der Waals surface area contributed by atoms with Gasteiger partial charge in [0.25, 0.3) is 0 Å². The molecule has 2 aliphatic heterocycles. The molecule has 1 N–H and O–H groups in total. The second-order valence-electron chi connectivity index (χ2n) is 7.58. The number of halogens is 2. The van der Waals surface area contributed by atoms with Crippen molar-refractivity contribution in [1.82, 2.24) is 9.80 Å². The minimum absolute atomic E-state index is 0.170. The van der Waals surface area contributed by atoms with Crippen LogP contribution >= 0.6 is 11.6 Å². The molecule has 1 saturated heterocycles. The summed E-state index contributed by atoms with van der Waals surface area (Å²) in [6.45, 7) is 6.20. The fourth-order valence-corrected chi connectivity index (χ4v) is 3.99. The third-order valence-electron chi connectivity index (χ3n) is 5.49.